The van der Waals surface area contributed by atoms with E-state index in [4.69, 9.17) is 18.9 Å². The number of hydrogen-bond acceptors (Lipinski definition) is 8. The van der Waals surface area contributed by atoms with Crippen LogP contribution in [0.25, 0.3) is 17.0 Å². The quantitative estimate of drug-likeness (QED) is 0.355. The van der Waals surface area contributed by atoms with E-state index in [9.17, 15) is 9.18 Å². The molecular weight excluding hydrogens is 445 g/mol. The van der Waals surface area contributed by atoms with Crippen molar-refractivity contribution in [3.8, 4) is 34.5 Å². The Labute approximate surface area is 194 Å². The van der Waals surface area contributed by atoms with Gasteiger partial charge in [-0.05, 0) is 30.3 Å². The second-order valence-electron chi connectivity index (χ2n) is 6.95. The highest BCUT2D eigenvalue weighted by Gasteiger charge is 2.16. The van der Waals surface area contributed by atoms with Crippen LogP contribution in [-0.4, -0.2) is 59.7 Å². The molecule has 2 aromatic carbocycles. The highest BCUT2D eigenvalue weighted by molar-refractivity contribution is 5.77. The van der Waals surface area contributed by atoms with Crippen molar-refractivity contribution in [3.05, 3.63) is 60.4 Å². The van der Waals surface area contributed by atoms with Crippen molar-refractivity contribution in [1.29, 1.82) is 0 Å². The standard InChI is InChI=1S/C23H22FN5O5/c1-31-15-7-8-16(19(13-15)32-2)23-27-26-20-9-10-22(28-29(20)23)33-12-11-25-21(30)14-34-18-6-4-3-5-17(18)24/h3-10,13H,11-12,14H2,1-2H3,(H,25,30). The van der Waals surface area contributed by atoms with Gasteiger partial charge in [0.2, 0.25) is 5.88 Å². The zero-order valence-corrected chi connectivity index (χ0v) is 18.5. The number of para-hydroxylation sites is 1. The van der Waals surface area contributed by atoms with Crippen molar-refractivity contribution in [1.82, 2.24) is 25.1 Å². The summed E-state index contributed by atoms with van der Waals surface area (Å²) in [6.45, 7) is 0.0622. The molecule has 0 aliphatic rings. The molecule has 34 heavy (non-hydrogen) atoms. The van der Waals surface area contributed by atoms with E-state index < -0.39 is 11.7 Å². The van der Waals surface area contributed by atoms with Crippen molar-refractivity contribution in [2.24, 2.45) is 0 Å². The molecule has 1 N–H and O–H groups in total. The summed E-state index contributed by atoms with van der Waals surface area (Å²) in [7, 11) is 3.13. The van der Waals surface area contributed by atoms with Gasteiger partial charge in [-0.25, -0.2) is 4.39 Å². The molecular formula is C23H22FN5O5. The average molecular weight is 467 g/mol. The first-order chi connectivity index (χ1) is 16.6. The van der Waals surface area contributed by atoms with Crippen LogP contribution in [0.3, 0.4) is 0 Å². The summed E-state index contributed by atoms with van der Waals surface area (Å²) >= 11 is 0. The van der Waals surface area contributed by atoms with Crippen LogP contribution in [0.4, 0.5) is 4.39 Å². The molecule has 0 aliphatic carbocycles. The molecule has 0 spiro atoms. The fourth-order valence-corrected chi connectivity index (χ4v) is 3.10. The lowest BCUT2D eigenvalue weighted by Gasteiger charge is -2.10. The Morgan fingerprint density at radius 2 is 1.85 bits per heavy atom. The highest BCUT2D eigenvalue weighted by Crippen LogP contribution is 2.32. The number of carbonyl (C=O) groups excluding carboxylic acids is 1. The van der Waals surface area contributed by atoms with E-state index >= 15 is 0 Å². The van der Waals surface area contributed by atoms with E-state index in [1.54, 1.807) is 55.1 Å². The number of fused-ring (bicyclic) bond motifs is 1. The van der Waals surface area contributed by atoms with Crippen molar-refractivity contribution in [3.63, 3.8) is 0 Å². The molecule has 4 aromatic rings. The summed E-state index contributed by atoms with van der Waals surface area (Å²) in [6.07, 6.45) is 0. The molecule has 1 amide bonds. The summed E-state index contributed by atoms with van der Waals surface area (Å²) in [5.41, 5.74) is 1.21. The van der Waals surface area contributed by atoms with Crippen molar-refractivity contribution in [2.75, 3.05) is 34.0 Å². The SMILES string of the molecule is COc1ccc(-c2nnc3ccc(OCCNC(=O)COc4ccccc4F)nn23)c(OC)c1. The van der Waals surface area contributed by atoms with Crippen molar-refractivity contribution >= 4 is 11.6 Å². The Kier molecular flexibility index (Phi) is 7.01. The van der Waals surface area contributed by atoms with E-state index in [2.05, 4.69) is 20.6 Å². The third-order valence-corrected chi connectivity index (χ3v) is 4.76. The second-order valence-corrected chi connectivity index (χ2v) is 6.95. The van der Waals surface area contributed by atoms with E-state index in [-0.39, 0.29) is 25.5 Å². The van der Waals surface area contributed by atoms with E-state index in [1.807, 2.05) is 6.07 Å². The number of carbonyl (C=O) groups is 1. The third-order valence-electron chi connectivity index (χ3n) is 4.76. The molecule has 11 heteroatoms. The Morgan fingerprint density at radius 3 is 2.65 bits per heavy atom. The minimum absolute atomic E-state index is 0.0182. The van der Waals surface area contributed by atoms with Crippen LogP contribution in [0, 0.1) is 5.82 Å². The van der Waals surface area contributed by atoms with Gasteiger partial charge in [0.15, 0.2) is 29.6 Å². The summed E-state index contributed by atoms with van der Waals surface area (Å²) in [6, 6.07) is 14.6. The lowest BCUT2D eigenvalue weighted by atomic mass is 10.2. The monoisotopic (exact) mass is 467 g/mol. The maximum absolute atomic E-state index is 13.5. The number of aromatic nitrogens is 4. The topological polar surface area (TPSA) is 109 Å². The molecule has 0 fully saturated rings. The molecule has 0 radical (unpaired) electrons. The van der Waals surface area contributed by atoms with Gasteiger partial charge < -0.3 is 24.3 Å². The average Bonchev–Trinajstić information content (AvgIpc) is 3.28. The third kappa shape index (κ3) is 5.14. The first kappa shape index (κ1) is 22.8. The lowest BCUT2D eigenvalue weighted by molar-refractivity contribution is -0.123. The first-order valence-corrected chi connectivity index (χ1v) is 10.3. The minimum atomic E-state index is -0.527. The molecule has 0 saturated carbocycles. The van der Waals surface area contributed by atoms with Crippen molar-refractivity contribution in [2.45, 2.75) is 0 Å². The molecule has 4 rings (SSSR count). The Hall–Kier alpha value is -4.41. The number of methoxy groups -OCH3 is 2. The van der Waals surface area contributed by atoms with Crippen LogP contribution >= 0.6 is 0 Å². The van der Waals surface area contributed by atoms with Crippen LogP contribution in [0.2, 0.25) is 0 Å². The fourth-order valence-electron chi connectivity index (χ4n) is 3.10. The van der Waals surface area contributed by atoms with Gasteiger partial charge in [-0.1, -0.05) is 12.1 Å². The Balaban J connectivity index is 1.35. The van der Waals surface area contributed by atoms with Gasteiger partial charge in [-0.2, -0.15) is 4.52 Å². The smallest absolute Gasteiger partial charge is 0.258 e. The molecule has 0 saturated heterocycles. The van der Waals surface area contributed by atoms with Gasteiger partial charge in [0.1, 0.15) is 18.1 Å². The molecule has 176 valence electrons. The van der Waals surface area contributed by atoms with Gasteiger partial charge in [0.25, 0.3) is 5.91 Å². The van der Waals surface area contributed by atoms with Crippen LogP contribution in [-0.2, 0) is 4.79 Å². The van der Waals surface area contributed by atoms with E-state index in [0.29, 0.717) is 34.4 Å². The van der Waals surface area contributed by atoms with Gasteiger partial charge in [-0.15, -0.1) is 15.3 Å². The van der Waals surface area contributed by atoms with Gasteiger partial charge in [-0.3, -0.25) is 4.79 Å². The predicted molar refractivity (Wildman–Crippen MR) is 120 cm³/mol. The molecule has 0 bridgehead atoms. The van der Waals surface area contributed by atoms with Gasteiger partial charge in [0.05, 0.1) is 26.3 Å². The number of ether oxygens (including phenoxy) is 4. The normalized spacial score (nSPS) is 10.7. The fraction of sp³-hybridized carbons (Fsp3) is 0.217. The Morgan fingerprint density at radius 1 is 1.00 bits per heavy atom. The molecule has 2 heterocycles. The van der Waals surface area contributed by atoms with Gasteiger partial charge in [0, 0.05) is 12.1 Å². The van der Waals surface area contributed by atoms with Crippen LogP contribution in [0.1, 0.15) is 0 Å². The van der Waals surface area contributed by atoms with E-state index in [0.717, 1.165) is 0 Å². The number of nitrogens with zero attached hydrogens (tertiary/aromatic N) is 4. The highest BCUT2D eigenvalue weighted by atomic mass is 19.1. The minimum Gasteiger partial charge on any atom is -0.497 e. The number of rotatable bonds is 10. The van der Waals surface area contributed by atoms with Crippen LogP contribution in [0.5, 0.6) is 23.1 Å². The summed E-state index contributed by atoms with van der Waals surface area (Å²) in [4.78, 5) is 11.9. The van der Waals surface area contributed by atoms with Gasteiger partial charge >= 0.3 is 0 Å². The first-order valence-electron chi connectivity index (χ1n) is 10.3. The largest absolute Gasteiger partial charge is 0.497 e. The zero-order chi connectivity index (χ0) is 23.9. The number of amides is 1. The molecule has 2 aromatic heterocycles. The van der Waals surface area contributed by atoms with E-state index in [1.165, 1.54) is 12.1 Å². The zero-order valence-electron chi connectivity index (χ0n) is 18.5. The predicted octanol–water partition coefficient (Wildman–Crippen LogP) is 2.52. The number of nitrogens with one attached hydrogen (secondary N) is 1. The summed E-state index contributed by atoms with van der Waals surface area (Å²) in [5.74, 6) is 1.08. The Bertz CT molecular complexity index is 1300. The number of hydrogen-bond donors (Lipinski definition) is 1. The van der Waals surface area contributed by atoms with Crippen molar-refractivity contribution < 1.29 is 28.1 Å². The van der Waals surface area contributed by atoms with Crippen LogP contribution in [0.15, 0.2) is 54.6 Å². The molecule has 0 atom stereocenters. The molecule has 0 unspecified atom stereocenters. The maximum Gasteiger partial charge on any atom is 0.258 e. The van der Waals surface area contributed by atoms with Crippen LogP contribution < -0.4 is 24.3 Å². The second kappa shape index (κ2) is 10.5. The number of halogens is 1. The number of benzene rings is 2. The maximum atomic E-state index is 13.5. The summed E-state index contributed by atoms with van der Waals surface area (Å²) < 4.78 is 36.6. The summed E-state index contributed by atoms with van der Waals surface area (Å²) in [5, 5.41) is 15.4. The lowest BCUT2D eigenvalue weighted by Crippen LogP contribution is -2.32. The molecule has 10 nitrogen and oxygen atoms in total. The molecule has 0 aliphatic heterocycles.